The zero-order valence-corrected chi connectivity index (χ0v) is 20.1. The fourth-order valence-corrected chi connectivity index (χ4v) is 5.48. The van der Waals surface area contributed by atoms with Crippen LogP contribution in [0.5, 0.6) is 0 Å². The zero-order chi connectivity index (χ0) is 21.5. The van der Waals surface area contributed by atoms with Gasteiger partial charge in [-0.1, -0.05) is 60.1 Å². The van der Waals surface area contributed by atoms with Crippen molar-refractivity contribution in [2.24, 2.45) is 0 Å². The van der Waals surface area contributed by atoms with E-state index in [0.717, 1.165) is 31.0 Å². The topological polar surface area (TPSA) is 29.3 Å². The van der Waals surface area contributed by atoms with Crippen molar-refractivity contribution in [1.82, 2.24) is 9.38 Å². The van der Waals surface area contributed by atoms with Crippen molar-refractivity contribution in [3.8, 4) is 22.5 Å². The second kappa shape index (κ2) is 8.26. The lowest BCUT2D eigenvalue weighted by atomic mass is 10.1. The average molecular weight is 560 g/mol. The van der Waals surface area contributed by atoms with Crippen molar-refractivity contribution in [3.63, 3.8) is 0 Å². The van der Waals surface area contributed by atoms with Gasteiger partial charge in [0.25, 0.3) is 0 Å². The molecule has 1 N–H and O–H groups in total. The number of imidazole rings is 1. The highest BCUT2D eigenvalue weighted by atomic mass is 127. The van der Waals surface area contributed by atoms with Gasteiger partial charge in [-0.3, -0.25) is 4.40 Å². The summed E-state index contributed by atoms with van der Waals surface area (Å²) in [5, 5.41) is 6.15. The van der Waals surface area contributed by atoms with E-state index in [-0.39, 0.29) is 5.82 Å². The van der Waals surface area contributed by atoms with Crippen LogP contribution < -0.4 is 5.32 Å². The van der Waals surface area contributed by atoms with Crippen molar-refractivity contribution in [2.45, 2.75) is 6.92 Å². The lowest BCUT2D eigenvalue weighted by Crippen LogP contribution is -2.01. The van der Waals surface area contributed by atoms with Crippen LogP contribution in [-0.2, 0) is 0 Å². The van der Waals surface area contributed by atoms with E-state index in [9.17, 15) is 4.39 Å². The van der Waals surface area contributed by atoms with Gasteiger partial charge in [0.15, 0.2) is 4.96 Å². The minimum absolute atomic E-state index is 0.308. The maximum absolute atomic E-state index is 15.0. The third kappa shape index (κ3) is 3.62. The number of rotatable bonds is 4. The van der Waals surface area contributed by atoms with E-state index in [2.05, 4.69) is 45.4 Å². The van der Waals surface area contributed by atoms with Gasteiger partial charge in [-0.05, 0) is 58.8 Å². The van der Waals surface area contributed by atoms with Gasteiger partial charge in [-0.15, -0.1) is 11.3 Å². The Hall–Kier alpha value is -2.42. The monoisotopic (exact) mass is 559 g/mol. The molecule has 0 saturated heterocycles. The summed E-state index contributed by atoms with van der Waals surface area (Å²) < 4.78 is 17.8. The molecule has 3 aromatic carbocycles. The normalized spacial score (nSPS) is 11.2. The summed E-state index contributed by atoms with van der Waals surface area (Å²) in [6.45, 7) is 1.99. The third-order valence-electron chi connectivity index (χ3n) is 5.10. The summed E-state index contributed by atoms with van der Waals surface area (Å²) >= 11 is 10.2. The fourth-order valence-electron chi connectivity index (χ4n) is 3.59. The van der Waals surface area contributed by atoms with Crippen molar-refractivity contribution in [1.29, 1.82) is 0 Å². The first kappa shape index (κ1) is 20.5. The molecular weight excluding hydrogens is 544 g/mol. The molecule has 0 saturated carbocycles. The first-order chi connectivity index (χ1) is 15.0. The lowest BCUT2D eigenvalue weighted by Gasteiger charge is -2.14. The van der Waals surface area contributed by atoms with Crippen LogP contribution in [0.1, 0.15) is 5.56 Å². The van der Waals surface area contributed by atoms with Crippen LogP contribution in [0.2, 0.25) is 5.02 Å². The summed E-state index contributed by atoms with van der Waals surface area (Å²) in [5.41, 5.74) is 4.85. The molecular formula is C24H16ClFIN3S. The highest BCUT2D eigenvalue weighted by Gasteiger charge is 2.23. The van der Waals surface area contributed by atoms with E-state index in [4.69, 9.17) is 16.6 Å². The number of hydrogen-bond acceptors (Lipinski definition) is 3. The van der Waals surface area contributed by atoms with Crippen LogP contribution in [-0.4, -0.2) is 9.38 Å². The maximum Gasteiger partial charge on any atom is 0.196 e. The molecule has 0 aliphatic rings. The largest absolute Gasteiger partial charge is 0.338 e. The first-order valence-corrected chi connectivity index (χ1v) is 11.9. The van der Waals surface area contributed by atoms with Gasteiger partial charge in [-0.25, -0.2) is 9.37 Å². The molecule has 0 fully saturated rings. The van der Waals surface area contributed by atoms with E-state index in [1.807, 2.05) is 53.8 Å². The molecule has 0 atom stereocenters. The minimum Gasteiger partial charge on any atom is -0.338 e. The Labute approximate surface area is 201 Å². The summed E-state index contributed by atoms with van der Waals surface area (Å²) in [4.78, 5) is 5.62. The van der Waals surface area contributed by atoms with Gasteiger partial charge < -0.3 is 5.32 Å². The smallest absolute Gasteiger partial charge is 0.196 e. The molecule has 31 heavy (non-hydrogen) atoms. The third-order valence-corrected chi connectivity index (χ3v) is 7.14. The Balaban J connectivity index is 1.82. The van der Waals surface area contributed by atoms with E-state index in [1.165, 1.54) is 17.4 Å². The fraction of sp³-hybridized carbons (Fsp3) is 0.0417. The molecule has 5 rings (SSSR count). The van der Waals surface area contributed by atoms with Crippen molar-refractivity contribution in [2.75, 3.05) is 5.32 Å². The molecule has 5 aromatic rings. The van der Waals surface area contributed by atoms with E-state index >= 15 is 0 Å². The van der Waals surface area contributed by atoms with Crippen molar-refractivity contribution < 1.29 is 4.39 Å². The van der Waals surface area contributed by atoms with Crippen molar-refractivity contribution >= 4 is 62.0 Å². The number of aromatic nitrogens is 2. The molecule has 0 aliphatic carbocycles. The summed E-state index contributed by atoms with van der Waals surface area (Å²) in [5.74, 6) is 0.382. The predicted molar refractivity (Wildman–Crippen MR) is 136 cm³/mol. The number of halogens is 3. The summed E-state index contributed by atoms with van der Waals surface area (Å²) in [7, 11) is 0. The average Bonchev–Trinajstić information content (AvgIpc) is 3.31. The van der Waals surface area contributed by atoms with Crippen molar-refractivity contribution in [3.05, 3.63) is 92.1 Å². The van der Waals surface area contributed by atoms with Gasteiger partial charge in [0.05, 0.1) is 22.0 Å². The molecule has 3 nitrogen and oxygen atoms in total. The molecule has 0 radical (unpaired) electrons. The van der Waals surface area contributed by atoms with Gasteiger partial charge in [0, 0.05) is 8.95 Å². The molecule has 154 valence electrons. The molecule has 0 bridgehead atoms. The van der Waals surface area contributed by atoms with Crippen LogP contribution >= 0.6 is 45.5 Å². The van der Waals surface area contributed by atoms with Crippen LogP contribution in [0.15, 0.2) is 72.1 Å². The summed E-state index contributed by atoms with van der Waals surface area (Å²) in [6, 6.07) is 20.9. The molecule has 7 heteroatoms. The number of thiazole rings is 1. The Morgan fingerprint density at radius 2 is 1.81 bits per heavy atom. The molecule has 2 aromatic heterocycles. The summed E-state index contributed by atoms with van der Waals surface area (Å²) in [6.07, 6.45) is 0. The van der Waals surface area contributed by atoms with Crippen LogP contribution in [0.3, 0.4) is 0 Å². The standard InChI is InChI=1S/C24H16ClFIN3S/c1-14-7-5-10-16(25)21(14)28-23-22(20-17(26)11-6-12-18(20)27)29-24-30(23)19(13-31-24)15-8-3-2-4-9-15/h2-13,28H,1H3. The number of anilines is 2. The molecule has 0 amide bonds. The van der Waals surface area contributed by atoms with E-state index in [0.29, 0.717) is 22.1 Å². The number of aryl methyl sites for hydroxylation is 1. The second-order valence-corrected chi connectivity index (χ2v) is 9.47. The molecule has 0 unspecified atom stereocenters. The number of para-hydroxylation sites is 1. The number of nitrogens with zero attached hydrogens (tertiary/aromatic N) is 2. The number of benzene rings is 3. The second-order valence-electron chi connectivity index (χ2n) is 7.07. The first-order valence-electron chi connectivity index (χ1n) is 9.56. The van der Waals surface area contributed by atoms with Gasteiger partial charge in [0.2, 0.25) is 0 Å². The maximum atomic E-state index is 15.0. The predicted octanol–water partition coefficient (Wildman–Crippen LogP) is 8.18. The van der Waals surface area contributed by atoms with Gasteiger partial charge in [0.1, 0.15) is 17.3 Å². The Morgan fingerprint density at radius 1 is 1.03 bits per heavy atom. The highest BCUT2D eigenvalue weighted by molar-refractivity contribution is 14.1. The Kier molecular flexibility index (Phi) is 5.45. The minimum atomic E-state index is -0.308. The van der Waals surface area contributed by atoms with Crippen LogP contribution in [0.4, 0.5) is 15.9 Å². The van der Waals surface area contributed by atoms with Gasteiger partial charge >= 0.3 is 0 Å². The molecule has 0 spiro atoms. The van der Waals surface area contributed by atoms with E-state index < -0.39 is 0 Å². The zero-order valence-electron chi connectivity index (χ0n) is 16.4. The Morgan fingerprint density at radius 3 is 2.55 bits per heavy atom. The Bertz CT molecular complexity index is 1370. The van der Waals surface area contributed by atoms with Gasteiger partial charge in [-0.2, -0.15) is 0 Å². The quantitative estimate of drug-likeness (QED) is 0.225. The molecule has 2 heterocycles. The van der Waals surface area contributed by atoms with Crippen LogP contribution in [0, 0.1) is 16.3 Å². The van der Waals surface area contributed by atoms with Crippen LogP contribution in [0.25, 0.3) is 27.5 Å². The number of hydrogen-bond donors (Lipinski definition) is 1. The van der Waals surface area contributed by atoms with E-state index in [1.54, 1.807) is 6.07 Å². The highest BCUT2D eigenvalue weighted by Crippen LogP contribution is 2.41. The lowest BCUT2D eigenvalue weighted by molar-refractivity contribution is 0.630. The number of fused-ring (bicyclic) bond motifs is 1. The SMILES string of the molecule is Cc1cccc(Cl)c1Nc1c(-c2c(F)cccc2I)nc2scc(-c3ccccc3)n12. The molecule has 0 aliphatic heterocycles. The number of nitrogens with one attached hydrogen (secondary N) is 1.